The van der Waals surface area contributed by atoms with Crippen LogP contribution in [0, 0.1) is 5.82 Å². The number of para-hydroxylation sites is 1. The van der Waals surface area contributed by atoms with E-state index in [1.807, 2.05) is 24.3 Å². The first kappa shape index (κ1) is 24.8. The highest BCUT2D eigenvalue weighted by Gasteiger charge is 2.39. The number of fused-ring (bicyclic) bond motifs is 3. The van der Waals surface area contributed by atoms with Gasteiger partial charge in [0, 0.05) is 43.3 Å². The van der Waals surface area contributed by atoms with Crippen LogP contribution in [0.1, 0.15) is 27.7 Å². The Hall–Kier alpha value is -2.88. The first-order chi connectivity index (χ1) is 17.2. The maximum atomic E-state index is 13.7. The predicted octanol–water partition coefficient (Wildman–Crippen LogP) is 9.67. The van der Waals surface area contributed by atoms with Crippen molar-refractivity contribution in [1.29, 1.82) is 0 Å². The molecular weight excluding hydrogens is 534 g/mol. The Morgan fingerprint density at radius 2 is 1.53 bits per heavy atom. The van der Waals surface area contributed by atoms with Gasteiger partial charge in [-0.15, -0.1) is 0 Å². The molecule has 0 saturated carbocycles. The highest BCUT2D eigenvalue weighted by atomic mass is 79.9. The van der Waals surface area contributed by atoms with E-state index in [0.717, 1.165) is 22.1 Å². The van der Waals surface area contributed by atoms with Gasteiger partial charge in [0.1, 0.15) is 11.6 Å². The molecule has 0 N–H and O–H groups in total. The van der Waals surface area contributed by atoms with E-state index in [1.165, 1.54) is 33.9 Å². The monoisotopic (exact) mass is 562 g/mol. The molecule has 0 saturated heterocycles. The standard InChI is InChI=1S/C30H29BrFN2OP/c1-5-34-28-9-7-6-8-26(28)27-20-25(18-19-29(27)34)36(30(2,3)4,33-23-14-12-22(32)13-15-23)35-24-16-10-21(31)11-17-24/h6-20H,5H2,1-4H3/t36-/m0/s1. The lowest BCUT2D eigenvalue weighted by Crippen LogP contribution is -2.27. The van der Waals surface area contributed by atoms with Crippen LogP contribution in [0.5, 0.6) is 5.75 Å². The second-order valence-electron chi connectivity index (χ2n) is 9.83. The van der Waals surface area contributed by atoms with Crippen molar-refractivity contribution < 1.29 is 8.91 Å². The third-order valence-corrected chi connectivity index (χ3v) is 10.8. The van der Waals surface area contributed by atoms with E-state index in [0.29, 0.717) is 5.69 Å². The fraction of sp³-hybridized carbons (Fsp3) is 0.200. The lowest BCUT2D eigenvalue weighted by molar-refractivity contribution is 0.571. The van der Waals surface area contributed by atoms with Crippen LogP contribution < -0.4 is 9.83 Å². The Labute approximate surface area is 220 Å². The van der Waals surface area contributed by atoms with Gasteiger partial charge in [0.25, 0.3) is 0 Å². The number of benzene rings is 4. The van der Waals surface area contributed by atoms with Crippen molar-refractivity contribution in [2.24, 2.45) is 4.74 Å². The fourth-order valence-electron chi connectivity index (χ4n) is 4.69. The normalized spacial score (nSPS) is 13.6. The lowest BCUT2D eigenvalue weighted by Gasteiger charge is -2.37. The molecule has 1 atom stereocenters. The van der Waals surface area contributed by atoms with E-state index in [4.69, 9.17) is 9.27 Å². The minimum absolute atomic E-state index is 0.281. The molecule has 4 aromatic carbocycles. The van der Waals surface area contributed by atoms with Crippen molar-refractivity contribution in [3.05, 3.63) is 101 Å². The molecule has 0 aliphatic rings. The van der Waals surface area contributed by atoms with Crippen LogP contribution in [0.25, 0.3) is 21.8 Å². The Balaban J connectivity index is 1.83. The molecule has 0 unspecified atom stereocenters. The summed E-state index contributed by atoms with van der Waals surface area (Å²) >= 11 is 3.52. The van der Waals surface area contributed by atoms with Gasteiger partial charge in [-0.1, -0.05) is 54.9 Å². The molecule has 0 fully saturated rings. The number of nitrogens with zero attached hydrogens (tertiary/aromatic N) is 2. The number of hydrogen-bond donors (Lipinski definition) is 0. The summed E-state index contributed by atoms with van der Waals surface area (Å²) in [6, 6.07) is 29.4. The molecule has 1 heterocycles. The molecule has 0 radical (unpaired) electrons. The van der Waals surface area contributed by atoms with Gasteiger partial charge in [0.05, 0.1) is 5.69 Å². The molecule has 184 valence electrons. The number of rotatable bonds is 5. The highest BCUT2D eigenvalue weighted by molar-refractivity contribution is 9.10. The van der Waals surface area contributed by atoms with E-state index >= 15 is 0 Å². The topological polar surface area (TPSA) is 26.5 Å². The van der Waals surface area contributed by atoms with Crippen molar-refractivity contribution in [3.63, 3.8) is 0 Å². The zero-order chi connectivity index (χ0) is 25.5. The van der Waals surface area contributed by atoms with Gasteiger partial charge in [-0.05, 0) is 79.7 Å². The summed E-state index contributed by atoms with van der Waals surface area (Å²) in [7, 11) is -2.71. The van der Waals surface area contributed by atoms with Crippen LogP contribution in [-0.4, -0.2) is 9.72 Å². The average molecular weight is 563 g/mol. The zero-order valence-corrected chi connectivity index (χ0v) is 23.4. The van der Waals surface area contributed by atoms with Crippen LogP contribution in [0.2, 0.25) is 0 Å². The molecule has 36 heavy (non-hydrogen) atoms. The first-order valence-corrected chi connectivity index (χ1v) is 14.5. The summed E-state index contributed by atoms with van der Waals surface area (Å²) in [4.78, 5) is 0. The van der Waals surface area contributed by atoms with E-state index in [9.17, 15) is 4.39 Å². The average Bonchev–Trinajstić information content (AvgIpc) is 3.18. The molecule has 6 heteroatoms. The van der Waals surface area contributed by atoms with Crippen LogP contribution >= 0.6 is 23.2 Å². The summed E-state index contributed by atoms with van der Waals surface area (Å²) in [6.45, 7) is 9.58. The SMILES string of the molecule is CCn1c2ccccc2c2cc([P@](=Nc3ccc(F)cc3)(Oc3ccc(Br)cc3)C(C)(C)C)ccc21. The van der Waals surface area contributed by atoms with Crippen molar-refractivity contribution >= 4 is 56.0 Å². The molecular formula is C30H29BrFN2OP. The van der Waals surface area contributed by atoms with Crippen LogP contribution in [-0.2, 0) is 6.54 Å². The van der Waals surface area contributed by atoms with E-state index in [1.54, 1.807) is 12.1 Å². The minimum Gasteiger partial charge on any atom is -0.455 e. The van der Waals surface area contributed by atoms with Gasteiger partial charge in [0.15, 0.2) is 7.28 Å². The largest absolute Gasteiger partial charge is 0.455 e. The van der Waals surface area contributed by atoms with Crippen molar-refractivity contribution in [3.8, 4) is 5.75 Å². The van der Waals surface area contributed by atoms with Crippen LogP contribution in [0.3, 0.4) is 0 Å². The van der Waals surface area contributed by atoms with E-state index < -0.39 is 7.28 Å². The Kier molecular flexibility index (Phi) is 6.57. The van der Waals surface area contributed by atoms with Crippen LogP contribution in [0.4, 0.5) is 10.1 Å². The molecule has 0 bridgehead atoms. The summed E-state index contributed by atoms with van der Waals surface area (Å²) < 4.78 is 29.3. The number of aryl methyl sites for hydroxylation is 1. The first-order valence-electron chi connectivity index (χ1n) is 12.1. The maximum absolute atomic E-state index is 13.7. The summed E-state index contributed by atoms with van der Waals surface area (Å²) in [5.41, 5.74) is 3.11. The van der Waals surface area contributed by atoms with Gasteiger partial charge in [-0.3, -0.25) is 0 Å². The van der Waals surface area contributed by atoms with Gasteiger partial charge in [0.2, 0.25) is 0 Å². The molecule has 0 amide bonds. The smallest absolute Gasteiger partial charge is 0.173 e. The van der Waals surface area contributed by atoms with Gasteiger partial charge < -0.3 is 9.09 Å². The molecule has 0 aliphatic heterocycles. The molecule has 1 aromatic heterocycles. The lowest BCUT2D eigenvalue weighted by atomic mass is 10.1. The van der Waals surface area contributed by atoms with Gasteiger partial charge >= 0.3 is 0 Å². The molecule has 3 nitrogen and oxygen atoms in total. The second kappa shape index (κ2) is 9.53. The minimum atomic E-state index is -2.71. The van der Waals surface area contributed by atoms with Crippen molar-refractivity contribution in [2.45, 2.75) is 39.4 Å². The summed E-state index contributed by atoms with van der Waals surface area (Å²) in [5, 5.41) is 3.11. The van der Waals surface area contributed by atoms with Gasteiger partial charge in [-0.2, -0.15) is 0 Å². The predicted molar refractivity (Wildman–Crippen MR) is 155 cm³/mol. The van der Waals surface area contributed by atoms with Crippen molar-refractivity contribution in [1.82, 2.24) is 4.57 Å². The number of hydrogen-bond acceptors (Lipinski definition) is 2. The van der Waals surface area contributed by atoms with Crippen LogP contribution in [0.15, 0.2) is 100 Å². The highest BCUT2D eigenvalue weighted by Crippen LogP contribution is 2.62. The summed E-state index contributed by atoms with van der Waals surface area (Å²) in [5.74, 6) is 0.472. The number of aromatic nitrogens is 1. The fourth-order valence-corrected chi connectivity index (χ4v) is 8.03. The van der Waals surface area contributed by atoms with E-state index in [-0.39, 0.29) is 11.0 Å². The Morgan fingerprint density at radius 3 is 2.19 bits per heavy atom. The molecule has 0 spiro atoms. The Morgan fingerprint density at radius 1 is 0.861 bits per heavy atom. The maximum Gasteiger partial charge on any atom is 0.173 e. The van der Waals surface area contributed by atoms with Gasteiger partial charge in [-0.25, -0.2) is 9.14 Å². The molecule has 0 aliphatic carbocycles. The third kappa shape index (κ3) is 4.40. The third-order valence-electron chi connectivity index (χ3n) is 6.47. The van der Waals surface area contributed by atoms with Crippen molar-refractivity contribution in [2.75, 3.05) is 0 Å². The molecule has 5 rings (SSSR count). The zero-order valence-electron chi connectivity index (χ0n) is 20.9. The van der Waals surface area contributed by atoms with E-state index in [2.05, 4.69) is 90.7 Å². The molecule has 5 aromatic rings. The Bertz CT molecular complexity index is 1600. The number of halogens is 2. The second-order valence-corrected chi connectivity index (χ2v) is 14.1. The quantitative estimate of drug-likeness (QED) is 0.196. The summed E-state index contributed by atoms with van der Waals surface area (Å²) in [6.07, 6.45) is 0.